The highest BCUT2D eigenvalue weighted by Crippen LogP contribution is 2.37. The quantitative estimate of drug-likeness (QED) is 0.481. The van der Waals surface area contributed by atoms with Crippen LogP contribution in [-0.2, 0) is 4.74 Å². The van der Waals surface area contributed by atoms with Gasteiger partial charge in [0.15, 0.2) is 0 Å². The van der Waals surface area contributed by atoms with Crippen LogP contribution in [0.5, 0.6) is 0 Å². The van der Waals surface area contributed by atoms with E-state index in [-0.39, 0.29) is 4.90 Å². The summed E-state index contributed by atoms with van der Waals surface area (Å²) in [4.78, 5) is 0.143. The third-order valence-corrected chi connectivity index (χ3v) is 3.41. The van der Waals surface area contributed by atoms with Gasteiger partial charge in [0, 0.05) is 4.90 Å². The van der Waals surface area contributed by atoms with Crippen molar-refractivity contribution in [3.63, 3.8) is 0 Å². The maximum Gasteiger partial charge on any atom is 0.106 e. The molecule has 0 aromatic carbocycles. The molecule has 0 spiro atoms. The van der Waals surface area contributed by atoms with E-state index >= 15 is 0 Å². The molecule has 4 heteroatoms. The Balaban J connectivity index is 3.73. The number of hydrogen-bond acceptors (Lipinski definition) is 1. The summed E-state index contributed by atoms with van der Waals surface area (Å²) in [7, 11) is 7.87. The Labute approximate surface area is 75.9 Å². The van der Waals surface area contributed by atoms with Crippen molar-refractivity contribution in [3.05, 3.63) is 0 Å². The Morgan fingerprint density at radius 2 is 1.82 bits per heavy atom. The van der Waals surface area contributed by atoms with Crippen molar-refractivity contribution in [2.45, 2.75) is 37.6 Å². The average molecular weight is 192 g/mol. The molecule has 0 amide bonds. The van der Waals surface area contributed by atoms with E-state index in [1.165, 1.54) is 0 Å². The summed E-state index contributed by atoms with van der Waals surface area (Å²) in [6, 6.07) is 0. The van der Waals surface area contributed by atoms with Gasteiger partial charge in [0.2, 0.25) is 0 Å². The molecule has 3 atom stereocenters. The normalized spacial score (nSPS) is 15.5. The summed E-state index contributed by atoms with van der Waals surface area (Å²) in [5.74, 6) is 0.608. The molecule has 0 saturated carbocycles. The molecule has 0 aliphatic rings. The van der Waals surface area contributed by atoms with Gasteiger partial charge in [-0.05, 0) is 13.8 Å². The lowest BCUT2D eigenvalue weighted by molar-refractivity contribution is 0.0745. The molecule has 0 saturated heterocycles. The van der Waals surface area contributed by atoms with Gasteiger partial charge < -0.3 is 4.74 Å². The highest BCUT2D eigenvalue weighted by atomic mass is 31.1. The summed E-state index contributed by atoms with van der Waals surface area (Å²) >= 11 is 0. The Bertz CT molecular complexity index is 115. The summed E-state index contributed by atoms with van der Waals surface area (Å²) in [5.41, 5.74) is 0. The highest BCUT2D eigenvalue weighted by Gasteiger charge is 2.23. The van der Waals surface area contributed by atoms with Crippen molar-refractivity contribution in [2.75, 3.05) is 6.61 Å². The molecule has 0 radical (unpaired) electrons. The van der Waals surface area contributed by atoms with Crippen LogP contribution in [0.25, 0.3) is 0 Å². The van der Waals surface area contributed by atoms with E-state index < -0.39 is 0 Å². The molecule has 0 fully saturated rings. The molecule has 0 aliphatic carbocycles. The minimum Gasteiger partial charge on any atom is -0.378 e. The fourth-order valence-electron chi connectivity index (χ4n) is 0.478. The third-order valence-electron chi connectivity index (χ3n) is 1.74. The van der Waals surface area contributed by atoms with Gasteiger partial charge in [-0.2, -0.15) is 0 Å². The molecule has 0 aliphatic heterocycles. The number of ether oxygens (including phenoxy) is 1. The van der Waals surface area contributed by atoms with Crippen LogP contribution >= 0.6 is 18.5 Å². The van der Waals surface area contributed by atoms with Gasteiger partial charge in [-0.25, -0.2) is 0 Å². The predicted octanol–water partition coefficient (Wildman–Crippen LogP) is 1.30. The zero-order valence-corrected chi connectivity index (χ0v) is 10.2. The Morgan fingerprint density at radius 3 is 2.09 bits per heavy atom. The van der Waals surface area contributed by atoms with Gasteiger partial charge in [-0.3, -0.25) is 0 Å². The molecule has 1 nitrogen and oxygen atoms in total. The van der Waals surface area contributed by atoms with Crippen LogP contribution < -0.4 is 0 Å². The maximum absolute atomic E-state index is 5.53. The molecule has 0 aromatic heterocycles. The van der Waals surface area contributed by atoms with Crippen LogP contribution in [-0.4, -0.2) is 25.5 Å². The molecule has 0 aromatic rings. The minimum absolute atomic E-state index is 0.143. The van der Waals surface area contributed by atoms with Crippen LogP contribution in [0.2, 0.25) is 5.82 Å². The molecule has 0 bridgehead atoms. The van der Waals surface area contributed by atoms with Crippen LogP contribution in [0.4, 0.5) is 0 Å². The SMILES string of the molecule is BC(C)C(P)(P)COC(C)C. The first-order valence-corrected chi connectivity index (χ1v) is 5.21. The number of rotatable bonds is 4. The third kappa shape index (κ3) is 5.18. The molecule has 11 heavy (non-hydrogen) atoms. The Kier molecular flexibility index (Phi) is 5.19. The van der Waals surface area contributed by atoms with Crippen LogP contribution in [0.1, 0.15) is 20.8 Å². The van der Waals surface area contributed by atoms with Gasteiger partial charge >= 0.3 is 0 Å². The number of hydrogen-bond donors (Lipinski definition) is 0. The smallest absolute Gasteiger partial charge is 0.106 e. The van der Waals surface area contributed by atoms with Crippen molar-refractivity contribution in [1.29, 1.82) is 0 Å². The van der Waals surface area contributed by atoms with Crippen molar-refractivity contribution in [2.24, 2.45) is 0 Å². The largest absolute Gasteiger partial charge is 0.378 e. The van der Waals surface area contributed by atoms with Gasteiger partial charge in [0.05, 0.1) is 12.7 Å². The fourth-order valence-corrected chi connectivity index (χ4v) is 0.670. The lowest BCUT2D eigenvalue weighted by Crippen LogP contribution is -2.26. The Morgan fingerprint density at radius 1 is 1.36 bits per heavy atom. The second-order valence-electron chi connectivity index (χ2n) is 3.63. The van der Waals surface area contributed by atoms with Crippen LogP contribution in [0.3, 0.4) is 0 Å². The first kappa shape index (κ1) is 11.9. The maximum atomic E-state index is 5.53. The van der Waals surface area contributed by atoms with Gasteiger partial charge in [0.25, 0.3) is 0 Å². The van der Waals surface area contributed by atoms with E-state index in [2.05, 4.69) is 47.1 Å². The second-order valence-corrected chi connectivity index (χ2v) is 6.44. The molecular formula is C7H19BOP2. The standard InChI is InChI=1S/C7H19BOP2/c1-5(2)9-4-7(10,11)6(3)8/h5-6H,4,8,10-11H2,1-3H3. The monoisotopic (exact) mass is 192 g/mol. The minimum atomic E-state index is 0.143. The zero-order valence-electron chi connectivity index (χ0n) is 7.92. The molecule has 0 N–H and O–H groups in total. The molecule has 0 heterocycles. The van der Waals surface area contributed by atoms with Crippen LogP contribution in [0, 0.1) is 0 Å². The first-order chi connectivity index (χ1) is 4.86. The predicted molar refractivity (Wildman–Crippen MR) is 61.2 cm³/mol. The average Bonchev–Trinajstić information content (AvgIpc) is 1.84. The van der Waals surface area contributed by atoms with Crippen molar-refractivity contribution < 1.29 is 4.74 Å². The van der Waals surface area contributed by atoms with Crippen molar-refractivity contribution in [3.8, 4) is 0 Å². The summed E-state index contributed by atoms with van der Waals surface area (Å²) in [6.45, 7) is 7.11. The van der Waals surface area contributed by atoms with E-state index in [0.29, 0.717) is 11.9 Å². The van der Waals surface area contributed by atoms with E-state index in [1.54, 1.807) is 0 Å². The van der Waals surface area contributed by atoms with E-state index in [1.807, 2.05) is 0 Å². The molecule has 66 valence electrons. The van der Waals surface area contributed by atoms with Gasteiger partial charge in [-0.1, -0.05) is 12.7 Å². The highest BCUT2D eigenvalue weighted by molar-refractivity contribution is 7.40. The molecular weight excluding hydrogens is 173 g/mol. The lowest BCUT2D eigenvalue weighted by atomic mass is 9.86. The van der Waals surface area contributed by atoms with E-state index in [9.17, 15) is 0 Å². The second kappa shape index (κ2) is 4.80. The van der Waals surface area contributed by atoms with Crippen LogP contribution in [0.15, 0.2) is 0 Å². The van der Waals surface area contributed by atoms with Gasteiger partial charge in [0.1, 0.15) is 7.85 Å². The van der Waals surface area contributed by atoms with Crippen molar-refractivity contribution in [1.82, 2.24) is 0 Å². The topological polar surface area (TPSA) is 9.23 Å². The molecule has 3 unspecified atom stereocenters. The van der Waals surface area contributed by atoms with Crippen molar-refractivity contribution >= 4 is 26.3 Å². The summed E-state index contributed by atoms with van der Waals surface area (Å²) < 4.78 is 5.53. The first-order valence-electron chi connectivity index (χ1n) is 4.05. The summed E-state index contributed by atoms with van der Waals surface area (Å²) in [6.07, 6.45) is 0.328. The summed E-state index contributed by atoms with van der Waals surface area (Å²) in [5, 5.41) is 0. The Hall–Kier alpha value is 0.885. The zero-order chi connectivity index (χ0) is 9.07. The molecule has 0 rings (SSSR count). The fraction of sp³-hybridized carbons (Fsp3) is 1.00. The van der Waals surface area contributed by atoms with E-state index in [4.69, 9.17) is 4.74 Å². The van der Waals surface area contributed by atoms with E-state index in [0.717, 1.165) is 6.61 Å². The lowest BCUT2D eigenvalue weighted by Gasteiger charge is -2.29. The van der Waals surface area contributed by atoms with Gasteiger partial charge in [-0.15, -0.1) is 18.5 Å².